The van der Waals surface area contributed by atoms with E-state index in [9.17, 15) is 14.4 Å². The van der Waals surface area contributed by atoms with Gasteiger partial charge in [0, 0.05) is 5.92 Å². The Kier molecular flexibility index (Phi) is 13.9. The smallest absolute Gasteiger partial charge is 0.482 e. The largest absolute Gasteiger partial charge is 0.508 e. The molecule has 1 heterocycles. The number of hydrogen-bond donors (Lipinski definition) is 1. The fraction of sp³-hybridized carbons (Fsp3) is 0.244. The summed E-state index contributed by atoms with van der Waals surface area (Å²) in [6.45, 7) is -1.20. The number of carbonyl (C=O) groups is 3. The average molecular weight is 875 g/mol. The Bertz CT molecular complexity index is 2210. The summed E-state index contributed by atoms with van der Waals surface area (Å²) in [7, 11) is 0. The van der Waals surface area contributed by atoms with Crippen molar-refractivity contribution in [2.75, 3.05) is 19.8 Å². The highest BCUT2D eigenvalue weighted by Gasteiger charge is 2.54. The topological polar surface area (TPSA) is 149 Å². The van der Waals surface area contributed by atoms with Gasteiger partial charge in [-0.25, -0.2) is 14.4 Å². The van der Waals surface area contributed by atoms with Crippen LogP contribution < -0.4 is 4.74 Å². The molecule has 1 fully saturated rings. The minimum absolute atomic E-state index is 0.0301. The van der Waals surface area contributed by atoms with Crippen molar-refractivity contribution in [1.29, 1.82) is 5.41 Å². The summed E-state index contributed by atoms with van der Waals surface area (Å²) in [5.41, 5.74) is 4.96. The molecule has 0 saturated carbocycles. The summed E-state index contributed by atoms with van der Waals surface area (Å²) in [5, 5.41) is 8.40. The van der Waals surface area contributed by atoms with Gasteiger partial charge in [-0.15, -0.1) is 0 Å². The van der Waals surface area contributed by atoms with Gasteiger partial charge in [0.05, 0.1) is 12.2 Å². The molecule has 1 aliphatic heterocycles. The van der Waals surface area contributed by atoms with Crippen molar-refractivity contribution in [2.24, 2.45) is 0 Å². The van der Waals surface area contributed by atoms with Crippen LogP contribution in [0.3, 0.4) is 0 Å². The van der Waals surface area contributed by atoms with Gasteiger partial charge in [0.25, 0.3) is 3.79 Å². The van der Waals surface area contributed by atoms with Gasteiger partial charge in [-0.3, -0.25) is 5.41 Å². The van der Waals surface area contributed by atoms with Gasteiger partial charge in [-0.1, -0.05) is 150 Å². The molecule has 1 unspecified atom stereocenters. The van der Waals surface area contributed by atoms with Crippen molar-refractivity contribution in [2.45, 2.75) is 47.0 Å². The first kappa shape index (κ1) is 42.5. The zero-order valence-corrected chi connectivity index (χ0v) is 34.0. The van der Waals surface area contributed by atoms with Gasteiger partial charge < -0.3 is 37.9 Å². The predicted octanol–water partition coefficient (Wildman–Crippen LogP) is 8.84. The molecule has 310 valence electrons. The summed E-state index contributed by atoms with van der Waals surface area (Å²) in [4.78, 5) is 40.6. The Balaban J connectivity index is 1.17. The number of fused-ring (bicyclic) bond motifs is 3. The molecule has 0 spiro atoms. The lowest BCUT2D eigenvalue weighted by molar-refractivity contribution is -0.294. The summed E-state index contributed by atoms with van der Waals surface area (Å²) < 4.78 is 44.9. The van der Waals surface area contributed by atoms with Crippen molar-refractivity contribution in [3.05, 3.63) is 162 Å². The predicted molar refractivity (Wildman–Crippen MR) is 221 cm³/mol. The third-order valence-electron chi connectivity index (χ3n) is 9.68. The Morgan fingerprint density at radius 1 is 0.633 bits per heavy atom. The lowest BCUT2D eigenvalue weighted by Crippen LogP contribution is -2.63. The summed E-state index contributed by atoms with van der Waals surface area (Å²) >= 11 is 18.0. The molecule has 0 aromatic heterocycles. The van der Waals surface area contributed by atoms with E-state index in [-0.39, 0.29) is 24.7 Å². The Morgan fingerprint density at radius 2 is 1.20 bits per heavy atom. The second-order valence-corrected chi connectivity index (χ2v) is 15.9. The van der Waals surface area contributed by atoms with Gasteiger partial charge in [-0.2, -0.15) is 0 Å². The number of halogens is 3. The molecule has 0 radical (unpaired) electrons. The Hall–Kier alpha value is -5.63. The van der Waals surface area contributed by atoms with E-state index in [2.05, 4.69) is 0 Å². The number of alkyl halides is 3. The zero-order chi connectivity index (χ0) is 42.1. The number of esters is 2. The number of hydrogen-bond acceptors (Lipinski definition) is 12. The van der Waals surface area contributed by atoms with E-state index in [0.717, 1.165) is 27.8 Å². The quantitative estimate of drug-likeness (QED) is 0.0375. The van der Waals surface area contributed by atoms with Crippen molar-refractivity contribution < 1.29 is 52.3 Å². The normalized spacial score (nSPS) is 19.6. The fourth-order valence-corrected chi connectivity index (χ4v) is 7.04. The minimum atomic E-state index is -2.39. The van der Waals surface area contributed by atoms with Crippen LogP contribution in [0.2, 0.25) is 0 Å². The zero-order valence-electron chi connectivity index (χ0n) is 31.7. The second kappa shape index (κ2) is 19.6. The van der Waals surface area contributed by atoms with Gasteiger partial charge >= 0.3 is 18.1 Å². The van der Waals surface area contributed by atoms with E-state index in [1.807, 2.05) is 78.9 Å². The number of nitrogens with one attached hydrogen (secondary N) is 1. The summed E-state index contributed by atoms with van der Waals surface area (Å²) in [5.74, 6) is -2.53. The molecule has 5 aromatic carbocycles. The monoisotopic (exact) mass is 873 g/mol. The van der Waals surface area contributed by atoms with Crippen molar-refractivity contribution in [3.63, 3.8) is 0 Å². The Labute approximate surface area is 360 Å². The van der Waals surface area contributed by atoms with Crippen molar-refractivity contribution in [1.82, 2.24) is 0 Å². The number of ether oxygens (including phenoxy) is 8. The maximum atomic E-state index is 13.6. The molecule has 0 amide bonds. The molecule has 12 nitrogen and oxygen atoms in total. The van der Waals surface area contributed by atoms with E-state index in [4.69, 9.17) is 78.1 Å². The third-order valence-corrected chi connectivity index (χ3v) is 10.2. The Morgan fingerprint density at radius 3 is 1.83 bits per heavy atom. The van der Waals surface area contributed by atoms with Gasteiger partial charge in [-0.05, 0) is 52.1 Å². The first-order valence-corrected chi connectivity index (χ1v) is 19.9. The van der Waals surface area contributed by atoms with Crippen LogP contribution >= 0.6 is 34.8 Å². The minimum Gasteiger partial charge on any atom is -0.482 e. The SMILES string of the molecule is N=C(OC1O[C@H](COC(=O)OCC2c3ccccc3-c3ccccc32)[C@H](OCc2ccccc2)[C@H](OC(=O)COc2ccccc2)[C@H]1OC(=O)c1ccccc1)C(Cl)(Cl)Cl. The lowest BCUT2D eigenvalue weighted by Gasteiger charge is -2.44. The van der Waals surface area contributed by atoms with Gasteiger partial charge in [0.15, 0.2) is 12.7 Å². The average Bonchev–Trinajstić information content (AvgIpc) is 3.58. The molecular formula is C45H38Cl3NO11. The van der Waals surface area contributed by atoms with Crippen LogP contribution in [0.5, 0.6) is 5.75 Å². The van der Waals surface area contributed by atoms with Crippen LogP contribution in [0.4, 0.5) is 4.79 Å². The van der Waals surface area contributed by atoms with Gasteiger partial charge in [0.2, 0.25) is 18.3 Å². The molecule has 1 saturated heterocycles. The van der Waals surface area contributed by atoms with Crippen molar-refractivity contribution in [3.8, 4) is 16.9 Å². The molecule has 1 aliphatic carbocycles. The molecule has 5 atom stereocenters. The molecule has 0 bridgehead atoms. The molecule has 60 heavy (non-hydrogen) atoms. The van der Waals surface area contributed by atoms with Crippen LogP contribution in [0, 0.1) is 5.41 Å². The lowest BCUT2D eigenvalue weighted by atomic mass is 9.98. The maximum absolute atomic E-state index is 13.6. The summed E-state index contributed by atoms with van der Waals surface area (Å²) in [6, 6.07) is 41.4. The number of benzene rings is 5. The van der Waals surface area contributed by atoms with Gasteiger partial charge in [0.1, 0.15) is 31.2 Å². The maximum Gasteiger partial charge on any atom is 0.508 e. The van der Waals surface area contributed by atoms with Crippen LogP contribution in [0.25, 0.3) is 11.1 Å². The highest BCUT2D eigenvalue weighted by Crippen LogP contribution is 2.44. The van der Waals surface area contributed by atoms with E-state index in [0.29, 0.717) is 5.75 Å². The van der Waals surface area contributed by atoms with Crippen molar-refractivity contribution >= 4 is 58.8 Å². The molecule has 1 N–H and O–H groups in total. The highest BCUT2D eigenvalue weighted by atomic mass is 35.6. The highest BCUT2D eigenvalue weighted by molar-refractivity contribution is 6.76. The number of carbonyl (C=O) groups excluding carboxylic acids is 3. The van der Waals surface area contributed by atoms with E-state index < -0.39 is 71.7 Å². The van der Waals surface area contributed by atoms with Crippen LogP contribution in [0.1, 0.15) is 33.0 Å². The molecule has 15 heteroatoms. The van der Waals surface area contributed by atoms with E-state index >= 15 is 0 Å². The van der Waals surface area contributed by atoms with E-state index in [1.54, 1.807) is 48.5 Å². The first-order chi connectivity index (χ1) is 29.0. The van der Waals surface area contributed by atoms with Crippen LogP contribution in [-0.4, -0.2) is 78.3 Å². The first-order valence-electron chi connectivity index (χ1n) is 18.8. The molecular weight excluding hydrogens is 837 g/mol. The number of rotatable bonds is 14. The standard InChI is InChI=1S/C45H38Cl3NO11/c46-45(47,48)43(49)60-42-40(59-41(51)29-16-6-2-7-17-29)39(58-37(50)27-53-30-18-8-3-9-19-30)38(54-24-28-14-4-1-5-15-28)36(57-42)26-56-44(52)55-25-35-33-22-12-10-20-31(33)32-21-11-13-23-34(32)35/h1-23,35-36,38-40,42,49H,24-27H2/t36-,38+,39+,40-,42?/m1/s1. The third kappa shape index (κ3) is 10.6. The fourth-order valence-electron chi connectivity index (χ4n) is 6.91. The van der Waals surface area contributed by atoms with Crippen LogP contribution in [0.15, 0.2) is 140 Å². The van der Waals surface area contributed by atoms with E-state index in [1.165, 1.54) is 12.1 Å². The summed E-state index contributed by atoms with van der Waals surface area (Å²) in [6.07, 6.45) is -8.65. The van der Waals surface area contributed by atoms with Crippen LogP contribution in [-0.2, 0) is 44.6 Å². The molecule has 7 rings (SSSR count). The molecule has 2 aliphatic rings. The second-order valence-electron chi connectivity index (χ2n) is 13.6. The number of para-hydroxylation sites is 1. The molecule has 5 aromatic rings.